The second kappa shape index (κ2) is 6.78. The highest BCUT2D eigenvalue weighted by Gasteiger charge is 2.11. The first-order valence-electron chi connectivity index (χ1n) is 8.83. The molecule has 3 aromatic rings. The summed E-state index contributed by atoms with van der Waals surface area (Å²) < 4.78 is 1.06. The maximum Gasteiger partial charge on any atom is 0.129 e. The van der Waals surface area contributed by atoms with Crippen LogP contribution in [0.1, 0.15) is 11.1 Å². The number of aromatic nitrogens is 1. The second-order valence-electron chi connectivity index (χ2n) is 8.77. The highest BCUT2D eigenvalue weighted by molar-refractivity contribution is 9.10. The molecule has 0 radical (unpaired) electrons. The normalized spacial score (nSPS) is 11.8. The van der Waals surface area contributed by atoms with Gasteiger partial charge in [0.2, 0.25) is 0 Å². The molecule has 0 unspecified atom stereocenters. The zero-order valence-corrected chi connectivity index (χ0v) is 19.9. The Morgan fingerprint density at radius 1 is 0.769 bits per heavy atom. The molecule has 1 nitrogen and oxygen atoms in total. The van der Waals surface area contributed by atoms with Gasteiger partial charge in [0, 0.05) is 31.9 Å². The van der Waals surface area contributed by atoms with Gasteiger partial charge in [-0.2, -0.15) is 0 Å². The maximum absolute atomic E-state index is 3.71. The van der Waals surface area contributed by atoms with E-state index in [-0.39, 0.29) is 0 Å². The van der Waals surface area contributed by atoms with E-state index in [1.807, 2.05) is 0 Å². The number of benzene rings is 2. The van der Waals surface area contributed by atoms with Gasteiger partial charge in [0.25, 0.3) is 0 Å². The van der Waals surface area contributed by atoms with Crippen LogP contribution in [0.4, 0.5) is 0 Å². The number of nitrogens with one attached hydrogen (secondary N) is 1. The maximum atomic E-state index is 3.71. The molecule has 0 aliphatic rings. The number of fused-ring (bicyclic) bond motifs is 3. The van der Waals surface area contributed by atoms with Crippen molar-refractivity contribution in [3.05, 3.63) is 45.9 Å². The molecular weight excluding hydrogens is 414 g/mol. The van der Waals surface area contributed by atoms with Gasteiger partial charge in [-0.1, -0.05) is 51.1 Å². The van der Waals surface area contributed by atoms with E-state index in [1.54, 1.807) is 0 Å². The summed E-state index contributed by atoms with van der Waals surface area (Å²) in [7, 11) is -2.78. The fourth-order valence-corrected chi connectivity index (χ4v) is 4.22. The lowest BCUT2D eigenvalue weighted by atomic mass is 10.1. The molecule has 0 aliphatic heterocycles. The van der Waals surface area contributed by atoms with Crippen LogP contribution in [0.25, 0.3) is 21.8 Å². The molecule has 0 fully saturated rings. The Bertz CT molecular complexity index is 1120. The van der Waals surface area contributed by atoms with Crippen molar-refractivity contribution in [2.45, 2.75) is 39.3 Å². The molecular formula is C22H24BrNSi2. The van der Waals surface area contributed by atoms with Gasteiger partial charge in [-0.3, -0.25) is 0 Å². The molecule has 0 aliphatic carbocycles. The van der Waals surface area contributed by atoms with Crippen LogP contribution in [-0.4, -0.2) is 21.1 Å². The minimum absolute atomic E-state index is 1.06. The van der Waals surface area contributed by atoms with E-state index in [9.17, 15) is 0 Å². The van der Waals surface area contributed by atoms with E-state index in [2.05, 4.69) is 113 Å². The number of H-pyrrole nitrogens is 1. The van der Waals surface area contributed by atoms with E-state index >= 15 is 0 Å². The van der Waals surface area contributed by atoms with Crippen LogP contribution >= 0.6 is 15.9 Å². The summed E-state index contributed by atoms with van der Waals surface area (Å²) in [6.07, 6.45) is 0. The van der Waals surface area contributed by atoms with Crippen molar-refractivity contribution in [2.75, 3.05) is 0 Å². The number of hydrogen-bond donors (Lipinski definition) is 1. The largest absolute Gasteiger partial charge is 0.354 e. The van der Waals surface area contributed by atoms with Crippen LogP contribution < -0.4 is 0 Å². The molecule has 0 saturated carbocycles. The van der Waals surface area contributed by atoms with Crippen molar-refractivity contribution in [1.82, 2.24) is 4.98 Å². The summed E-state index contributed by atoms with van der Waals surface area (Å²) in [5.41, 5.74) is 11.3. The Balaban J connectivity index is 2.19. The first-order chi connectivity index (χ1) is 12.0. The molecule has 2 aromatic carbocycles. The van der Waals surface area contributed by atoms with Crippen molar-refractivity contribution >= 4 is 53.9 Å². The highest BCUT2D eigenvalue weighted by Crippen LogP contribution is 2.32. The minimum Gasteiger partial charge on any atom is -0.354 e. The summed E-state index contributed by atoms with van der Waals surface area (Å²) in [4.78, 5) is 3.52. The topological polar surface area (TPSA) is 15.8 Å². The van der Waals surface area contributed by atoms with Gasteiger partial charge in [0.15, 0.2) is 0 Å². The quantitative estimate of drug-likeness (QED) is 0.303. The number of rotatable bonds is 0. The second-order valence-corrected chi connectivity index (χ2v) is 19.1. The summed E-state index contributed by atoms with van der Waals surface area (Å²) in [6.45, 7) is 13.6. The van der Waals surface area contributed by atoms with Gasteiger partial charge in [-0.05, 0) is 46.3 Å². The van der Waals surface area contributed by atoms with Gasteiger partial charge in [-0.15, -0.1) is 11.1 Å². The highest BCUT2D eigenvalue weighted by atomic mass is 79.9. The molecule has 0 bridgehead atoms. The molecule has 1 heterocycles. The molecule has 1 N–H and O–H groups in total. The zero-order chi connectivity index (χ0) is 19.1. The van der Waals surface area contributed by atoms with Crippen LogP contribution in [0.3, 0.4) is 0 Å². The summed E-state index contributed by atoms with van der Waals surface area (Å²) in [5, 5.41) is 2.41. The molecule has 0 saturated heterocycles. The van der Waals surface area contributed by atoms with E-state index in [4.69, 9.17) is 0 Å². The summed E-state index contributed by atoms with van der Waals surface area (Å²) >= 11 is 3.71. The lowest BCUT2D eigenvalue weighted by molar-refractivity contribution is 1.52. The average Bonchev–Trinajstić information content (AvgIpc) is 2.88. The van der Waals surface area contributed by atoms with E-state index in [0.717, 1.165) is 26.6 Å². The zero-order valence-electron chi connectivity index (χ0n) is 16.3. The third-order valence-corrected chi connectivity index (χ3v) is 6.20. The van der Waals surface area contributed by atoms with Crippen LogP contribution in [0.2, 0.25) is 39.3 Å². The Labute approximate surface area is 166 Å². The van der Waals surface area contributed by atoms with E-state index in [1.165, 1.54) is 10.8 Å². The van der Waals surface area contributed by atoms with Crippen LogP contribution in [0, 0.1) is 22.9 Å². The number of hydrogen-bond acceptors (Lipinski definition) is 0. The minimum atomic E-state index is -1.40. The lowest BCUT2D eigenvalue weighted by Crippen LogP contribution is -2.16. The third kappa shape index (κ3) is 4.51. The fourth-order valence-electron chi connectivity index (χ4n) is 2.63. The lowest BCUT2D eigenvalue weighted by Gasteiger charge is -2.04. The molecule has 0 amide bonds. The van der Waals surface area contributed by atoms with E-state index < -0.39 is 16.1 Å². The molecule has 4 heteroatoms. The number of aromatic amines is 1. The van der Waals surface area contributed by atoms with Crippen molar-refractivity contribution in [3.63, 3.8) is 0 Å². The third-order valence-electron chi connectivity index (χ3n) is 3.82. The predicted molar refractivity (Wildman–Crippen MR) is 124 cm³/mol. The summed E-state index contributed by atoms with van der Waals surface area (Å²) in [6, 6.07) is 10.7. The predicted octanol–water partition coefficient (Wildman–Crippen LogP) is 6.54. The molecule has 1 aromatic heterocycles. The van der Waals surface area contributed by atoms with Gasteiger partial charge in [-0.25, -0.2) is 0 Å². The smallest absolute Gasteiger partial charge is 0.129 e. The van der Waals surface area contributed by atoms with Gasteiger partial charge < -0.3 is 4.98 Å². The fraction of sp³-hybridized carbons (Fsp3) is 0.273. The van der Waals surface area contributed by atoms with Crippen LogP contribution in [0.5, 0.6) is 0 Å². The standard InChI is InChI=1S/C22H24BrNSi2/c1-25(2,3)11-9-16-7-8-21-18(13-16)19-14-17(10-12-26(4,5)6)15-20(23)22(19)24-21/h7-8,13-15,24H,1-6H3. The van der Waals surface area contributed by atoms with Crippen LogP contribution in [-0.2, 0) is 0 Å². The average molecular weight is 439 g/mol. The Hall–Kier alpha value is -1.73. The van der Waals surface area contributed by atoms with E-state index in [0.29, 0.717) is 0 Å². The molecule has 26 heavy (non-hydrogen) atoms. The van der Waals surface area contributed by atoms with Crippen LogP contribution in [0.15, 0.2) is 34.8 Å². The Kier molecular flexibility index (Phi) is 4.97. The number of halogens is 1. The Morgan fingerprint density at radius 2 is 1.35 bits per heavy atom. The van der Waals surface area contributed by atoms with Gasteiger partial charge in [0.05, 0.1) is 5.52 Å². The summed E-state index contributed by atoms with van der Waals surface area (Å²) in [5.74, 6) is 6.75. The molecule has 132 valence electrons. The van der Waals surface area contributed by atoms with Crippen molar-refractivity contribution < 1.29 is 0 Å². The first-order valence-corrected chi connectivity index (χ1v) is 16.6. The SMILES string of the molecule is C[Si](C)(C)C#Cc1ccc2[nH]c3c(Br)cc(C#C[Si](C)(C)C)cc3c2c1. The monoisotopic (exact) mass is 437 g/mol. The molecule has 0 atom stereocenters. The van der Waals surface area contributed by atoms with Gasteiger partial charge >= 0.3 is 0 Å². The van der Waals surface area contributed by atoms with Crippen molar-refractivity contribution in [3.8, 4) is 22.9 Å². The van der Waals surface area contributed by atoms with Crippen molar-refractivity contribution in [1.29, 1.82) is 0 Å². The first kappa shape index (κ1) is 19.0. The van der Waals surface area contributed by atoms with Crippen molar-refractivity contribution in [2.24, 2.45) is 0 Å². The molecule has 0 spiro atoms. The van der Waals surface area contributed by atoms with Gasteiger partial charge in [0.1, 0.15) is 16.1 Å². The Morgan fingerprint density at radius 3 is 1.96 bits per heavy atom. The molecule has 3 rings (SSSR count).